The Balaban J connectivity index is 1.64. The molecule has 6 nitrogen and oxygen atoms in total. The molecule has 1 atom stereocenters. The molecule has 3 amide bonds. The molecule has 1 aromatic rings. The first-order chi connectivity index (χ1) is 11.1. The van der Waals surface area contributed by atoms with Gasteiger partial charge in [-0.05, 0) is 37.5 Å². The third-order valence-electron chi connectivity index (χ3n) is 3.69. The van der Waals surface area contributed by atoms with Gasteiger partial charge in [0, 0.05) is 36.8 Å². The molecular weight excluding hydrogens is 318 g/mol. The minimum absolute atomic E-state index is 0.106. The van der Waals surface area contributed by atoms with Crippen molar-refractivity contribution in [3.8, 4) is 0 Å². The number of carbonyl (C=O) groups excluding carboxylic acids is 2. The van der Waals surface area contributed by atoms with Crippen LogP contribution in [0, 0.1) is 6.92 Å². The molecular formula is C16H22ClN3O3. The van der Waals surface area contributed by atoms with Gasteiger partial charge in [-0.25, -0.2) is 4.79 Å². The van der Waals surface area contributed by atoms with Gasteiger partial charge in [0.15, 0.2) is 0 Å². The van der Waals surface area contributed by atoms with Gasteiger partial charge in [-0.2, -0.15) is 0 Å². The van der Waals surface area contributed by atoms with E-state index < -0.39 is 0 Å². The molecule has 0 aliphatic carbocycles. The number of anilines is 1. The lowest BCUT2D eigenvalue weighted by Crippen LogP contribution is -2.40. The summed E-state index contributed by atoms with van der Waals surface area (Å²) in [5.41, 5.74) is 1.51. The van der Waals surface area contributed by atoms with Crippen LogP contribution in [0.25, 0.3) is 0 Å². The van der Waals surface area contributed by atoms with Gasteiger partial charge in [0.05, 0.1) is 6.10 Å². The van der Waals surface area contributed by atoms with Crippen molar-refractivity contribution >= 4 is 29.2 Å². The lowest BCUT2D eigenvalue weighted by molar-refractivity contribution is -0.116. The molecule has 1 aliphatic heterocycles. The fourth-order valence-corrected chi connectivity index (χ4v) is 2.49. The van der Waals surface area contributed by atoms with Crippen molar-refractivity contribution in [3.63, 3.8) is 0 Å². The summed E-state index contributed by atoms with van der Waals surface area (Å²) in [6.45, 7) is 3.37. The standard InChI is InChI=1S/C16H22ClN3O3/c1-11-13(17)5-2-6-14(11)20-15(21)7-8-18-16(22)19-10-12-4-3-9-23-12/h2,5-6,12H,3-4,7-10H2,1H3,(H,20,21)(H2,18,19,22). The van der Waals surface area contributed by atoms with Crippen LogP contribution in [0.1, 0.15) is 24.8 Å². The maximum atomic E-state index is 11.9. The monoisotopic (exact) mass is 339 g/mol. The summed E-state index contributed by atoms with van der Waals surface area (Å²) >= 11 is 6.00. The summed E-state index contributed by atoms with van der Waals surface area (Å²) in [4.78, 5) is 23.5. The third-order valence-corrected chi connectivity index (χ3v) is 4.10. The minimum atomic E-state index is -0.285. The van der Waals surface area contributed by atoms with E-state index in [9.17, 15) is 9.59 Å². The lowest BCUT2D eigenvalue weighted by atomic mass is 10.2. The maximum Gasteiger partial charge on any atom is 0.314 e. The van der Waals surface area contributed by atoms with Crippen LogP contribution in [0.15, 0.2) is 18.2 Å². The molecule has 23 heavy (non-hydrogen) atoms. The van der Waals surface area contributed by atoms with Crippen molar-refractivity contribution in [3.05, 3.63) is 28.8 Å². The molecule has 3 N–H and O–H groups in total. The SMILES string of the molecule is Cc1c(Cl)cccc1NC(=O)CCNC(=O)NCC1CCCO1. The molecule has 0 aromatic heterocycles. The van der Waals surface area contributed by atoms with Crippen molar-refractivity contribution in [2.75, 3.05) is 25.0 Å². The number of carbonyl (C=O) groups is 2. The largest absolute Gasteiger partial charge is 0.376 e. The zero-order valence-corrected chi connectivity index (χ0v) is 13.9. The van der Waals surface area contributed by atoms with Gasteiger partial charge in [0.25, 0.3) is 0 Å². The summed E-state index contributed by atoms with van der Waals surface area (Å²) in [5.74, 6) is -0.171. The average molecular weight is 340 g/mol. The topological polar surface area (TPSA) is 79.5 Å². The molecule has 0 saturated carbocycles. The molecule has 0 spiro atoms. The summed E-state index contributed by atoms with van der Waals surface area (Å²) in [7, 11) is 0. The van der Waals surface area contributed by atoms with Gasteiger partial charge < -0.3 is 20.7 Å². The molecule has 126 valence electrons. The highest BCUT2D eigenvalue weighted by molar-refractivity contribution is 6.31. The van der Waals surface area contributed by atoms with Crippen molar-refractivity contribution in [2.24, 2.45) is 0 Å². The molecule has 0 bridgehead atoms. The lowest BCUT2D eigenvalue weighted by Gasteiger charge is -2.12. The van der Waals surface area contributed by atoms with Crippen LogP contribution in [0.5, 0.6) is 0 Å². The van der Waals surface area contributed by atoms with Crippen LogP contribution in [-0.2, 0) is 9.53 Å². The quantitative estimate of drug-likeness (QED) is 0.744. The van der Waals surface area contributed by atoms with Crippen LogP contribution < -0.4 is 16.0 Å². The van der Waals surface area contributed by atoms with Crippen LogP contribution >= 0.6 is 11.6 Å². The first-order valence-electron chi connectivity index (χ1n) is 7.74. The zero-order valence-electron chi connectivity index (χ0n) is 13.2. The average Bonchev–Trinajstić information content (AvgIpc) is 3.03. The van der Waals surface area contributed by atoms with E-state index in [1.165, 1.54) is 0 Å². The Morgan fingerprint density at radius 2 is 2.17 bits per heavy atom. The normalized spacial score (nSPS) is 16.9. The Labute approximate surface area is 140 Å². The van der Waals surface area contributed by atoms with Gasteiger partial charge in [-0.1, -0.05) is 17.7 Å². The van der Waals surface area contributed by atoms with Crippen LogP contribution in [0.2, 0.25) is 5.02 Å². The Bertz CT molecular complexity index is 560. The Morgan fingerprint density at radius 3 is 2.91 bits per heavy atom. The molecule has 1 aromatic carbocycles. The second-order valence-electron chi connectivity index (χ2n) is 5.48. The number of hydrogen-bond donors (Lipinski definition) is 3. The van der Waals surface area contributed by atoms with Crippen LogP contribution in [-0.4, -0.2) is 37.7 Å². The van der Waals surface area contributed by atoms with Gasteiger partial charge in [-0.15, -0.1) is 0 Å². The number of amides is 3. The zero-order chi connectivity index (χ0) is 16.7. The molecule has 1 unspecified atom stereocenters. The molecule has 1 fully saturated rings. The highest BCUT2D eigenvalue weighted by Crippen LogP contribution is 2.22. The summed E-state index contributed by atoms with van der Waals surface area (Å²) < 4.78 is 5.42. The Morgan fingerprint density at radius 1 is 1.35 bits per heavy atom. The van der Waals surface area contributed by atoms with E-state index in [1.807, 2.05) is 6.92 Å². The minimum Gasteiger partial charge on any atom is -0.376 e. The van der Waals surface area contributed by atoms with Crippen LogP contribution in [0.3, 0.4) is 0 Å². The molecule has 7 heteroatoms. The van der Waals surface area contributed by atoms with Gasteiger partial charge >= 0.3 is 6.03 Å². The maximum absolute atomic E-state index is 11.9. The molecule has 2 rings (SSSR count). The van der Waals surface area contributed by atoms with E-state index in [1.54, 1.807) is 18.2 Å². The summed E-state index contributed by atoms with van der Waals surface area (Å²) in [6, 6.07) is 5.06. The van der Waals surface area contributed by atoms with Crippen molar-refractivity contribution < 1.29 is 14.3 Å². The molecule has 1 aliphatic rings. The Kier molecular flexibility index (Phi) is 6.67. The highest BCUT2D eigenvalue weighted by Gasteiger charge is 2.16. The molecule has 1 saturated heterocycles. The first kappa shape index (κ1) is 17.6. The van der Waals surface area contributed by atoms with E-state index in [0.717, 1.165) is 25.0 Å². The Hall–Kier alpha value is -1.79. The number of hydrogen-bond acceptors (Lipinski definition) is 3. The number of urea groups is 1. The number of ether oxygens (including phenoxy) is 1. The number of halogens is 1. The first-order valence-corrected chi connectivity index (χ1v) is 8.12. The van der Waals surface area contributed by atoms with E-state index in [2.05, 4.69) is 16.0 Å². The van der Waals surface area contributed by atoms with Gasteiger partial charge in [0.1, 0.15) is 0 Å². The summed E-state index contributed by atoms with van der Waals surface area (Å²) in [5, 5.41) is 8.79. The fourth-order valence-electron chi connectivity index (χ4n) is 2.32. The fraction of sp³-hybridized carbons (Fsp3) is 0.500. The van der Waals surface area contributed by atoms with E-state index in [0.29, 0.717) is 17.3 Å². The van der Waals surface area contributed by atoms with Crippen molar-refractivity contribution in [1.82, 2.24) is 10.6 Å². The third kappa shape index (κ3) is 5.73. The number of rotatable bonds is 6. The van der Waals surface area contributed by atoms with Crippen molar-refractivity contribution in [2.45, 2.75) is 32.3 Å². The van der Waals surface area contributed by atoms with Crippen LogP contribution in [0.4, 0.5) is 10.5 Å². The van der Waals surface area contributed by atoms with E-state index in [4.69, 9.17) is 16.3 Å². The molecule has 1 heterocycles. The number of nitrogens with one attached hydrogen (secondary N) is 3. The number of benzene rings is 1. The predicted octanol–water partition coefficient (Wildman–Crippen LogP) is 2.46. The summed E-state index contributed by atoms with van der Waals surface area (Å²) in [6.07, 6.45) is 2.31. The van der Waals surface area contributed by atoms with Crippen molar-refractivity contribution in [1.29, 1.82) is 0 Å². The van der Waals surface area contributed by atoms with E-state index >= 15 is 0 Å². The molecule has 0 radical (unpaired) electrons. The van der Waals surface area contributed by atoms with Gasteiger partial charge in [-0.3, -0.25) is 4.79 Å². The highest BCUT2D eigenvalue weighted by atomic mass is 35.5. The predicted molar refractivity (Wildman–Crippen MR) is 89.8 cm³/mol. The van der Waals surface area contributed by atoms with E-state index in [-0.39, 0.29) is 31.0 Å². The second-order valence-corrected chi connectivity index (χ2v) is 5.89. The second kappa shape index (κ2) is 8.74. The van der Waals surface area contributed by atoms with Gasteiger partial charge in [0.2, 0.25) is 5.91 Å². The smallest absolute Gasteiger partial charge is 0.314 e.